The molecule has 36 heavy (non-hydrogen) atoms. The highest BCUT2D eigenvalue weighted by molar-refractivity contribution is 6.60. The van der Waals surface area contributed by atoms with Crippen molar-refractivity contribution >= 4 is 34.1 Å². The minimum absolute atomic E-state index is 0.644. The second-order valence-electron chi connectivity index (χ2n) is 10.4. The van der Waals surface area contributed by atoms with Crippen LogP contribution in [0.15, 0.2) is 103 Å². The van der Waals surface area contributed by atoms with E-state index in [0.717, 1.165) is 5.56 Å². The minimum Gasteiger partial charge on any atom is -0.423 e. The largest absolute Gasteiger partial charge is 0.491 e. The summed E-state index contributed by atoms with van der Waals surface area (Å²) < 4.78 is 5.84. The predicted molar refractivity (Wildman–Crippen MR) is 151 cm³/mol. The lowest BCUT2D eigenvalue weighted by Gasteiger charge is -2.38. The molecule has 180 valence electrons. The molecular formula is C32H31BO3. The fourth-order valence-electron chi connectivity index (χ4n) is 4.66. The van der Waals surface area contributed by atoms with Crippen molar-refractivity contribution in [2.45, 2.75) is 38.9 Å². The van der Waals surface area contributed by atoms with Gasteiger partial charge in [-0.25, -0.2) is 0 Å². The summed E-state index contributed by atoms with van der Waals surface area (Å²) in [5.74, 6) is 0. The first kappa shape index (κ1) is 24.3. The molecule has 0 bridgehead atoms. The molecule has 0 fully saturated rings. The van der Waals surface area contributed by atoms with Gasteiger partial charge in [0.1, 0.15) is 0 Å². The first-order valence-electron chi connectivity index (χ1n) is 12.3. The summed E-state index contributed by atoms with van der Waals surface area (Å²) in [5.41, 5.74) is 3.28. The van der Waals surface area contributed by atoms with Gasteiger partial charge in [-0.05, 0) is 77.0 Å². The quantitative estimate of drug-likeness (QED) is 0.216. The zero-order chi connectivity index (χ0) is 25.5. The Morgan fingerprint density at radius 1 is 0.556 bits per heavy atom. The number of aliphatic hydroxyl groups is 1. The molecule has 0 saturated carbocycles. The molecule has 0 aliphatic carbocycles. The lowest BCUT2D eigenvalue weighted by molar-refractivity contribution is -0.0982. The Kier molecular flexibility index (Phi) is 6.21. The third kappa shape index (κ3) is 4.33. The summed E-state index contributed by atoms with van der Waals surface area (Å²) in [6.07, 6.45) is 0. The molecule has 0 aliphatic heterocycles. The van der Waals surface area contributed by atoms with E-state index in [0.29, 0.717) is 5.46 Å². The molecule has 0 saturated heterocycles. The molecule has 0 radical (unpaired) electrons. The van der Waals surface area contributed by atoms with Gasteiger partial charge in [0, 0.05) is 0 Å². The smallest absolute Gasteiger partial charge is 0.423 e. The van der Waals surface area contributed by atoms with Crippen LogP contribution in [0.4, 0.5) is 0 Å². The van der Waals surface area contributed by atoms with E-state index in [9.17, 15) is 10.1 Å². The van der Waals surface area contributed by atoms with E-state index in [4.69, 9.17) is 4.65 Å². The molecule has 5 rings (SSSR count). The second kappa shape index (κ2) is 9.22. The van der Waals surface area contributed by atoms with Gasteiger partial charge in [0.2, 0.25) is 0 Å². The first-order valence-corrected chi connectivity index (χ1v) is 12.3. The average Bonchev–Trinajstić information content (AvgIpc) is 2.87. The summed E-state index contributed by atoms with van der Waals surface area (Å²) >= 11 is 0. The number of hydrogen-bond acceptors (Lipinski definition) is 3. The Balaban J connectivity index is 1.65. The summed E-state index contributed by atoms with van der Waals surface area (Å²) in [4.78, 5) is 0. The van der Waals surface area contributed by atoms with E-state index in [1.54, 1.807) is 27.7 Å². The van der Waals surface area contributed by atoms with Crippen LogP contribution in [0.3, 0.4) is 0 Å². The van der Waals surface area contributed by atoms with E-state index in [1.165, 1.54) is 38.2 Å². The molecule has 0 unspecified atom stereocenters. The molecule has 4 heteroatoms. The highest BCUT2D eigenvalue weighted by Crippen LogP contribution is 2.43. The van der Waals surface area contributed by atoms with Gasteiger partial charge < -0.3 is 14.8 Å². The summed E-state index contributed by atoms with van der Waals surface area (Å²) in [7, 11) is -1.14. The maximum absolute atomic E-state index is 10.8. The van der Waals surface area contributed by atoms with Crippen LogP contribution in [0.25, 0.3) is 43.8 Å². The van der Waals surface area contributed by atoms with Gasteiger partial charge >= 0.3 is 7.12 Å². The maximum atomic E-state index is 10.8. The normalized spacial score (nSPS) is 12.3. The van der Waals surface area contributed by atoms with E-state index in [1.807, 2.05) is 30.3 Å². The molecule has 5 aromatic carbocycles. The predicted octanol–water partition coefficient (Wildman–Crippen LogP) is 6.58. The van der Waals surface area contributed by atoms with Crippen LogP contribution in [0.2, 0.25) is 0 Å². The van der Waals surface area contributed by atoms with Crippen molar-refractivity contribution in [2.75, 3.05) is 0 Å². The maximum Gasteiger partial charge on any atom is 0.491 e. The standard InChI is InChI=1S/C32H31BO3/c1-31(2,34)32(3,4)36-33(35)24-20-18-23(19-21-24)30-27-16-10-8-14-25(27)29(22-12-6-5-7-13-22)26-15-9-11-17-28(26)30/h5-21,34-35H,1-4H3. The van der Waals surface area contributed by atoms with Crippen LogP contribution < -0.4 is 5.46 Å². The molecule has 0 atom stereocenters. The van der Waals surface area contributed by atoms with Gasteiger partial charge in [-0.2, -0.15) is 0 Å². The number of hydrogen-bond donors (Lipinski definition) is 2. The van der Waals surface area contributed by atoms with Crippen LogP contribution in [-0.2, 0) is 4.65 Å². The van der Waals surface area contributed by atoms with E-state index < -0.39 is 18.3 Å². The van der Waals surface area contributed by atoms with Crippen molar-refractivity contribution in [1.82, 2.24) is 0 Å². The van der Waals surface area contributed by atoms with Crippen LogP contribution >= 0.6 is 0 Å². The molecule has 3 nitrogen and oxygen atoms in total. The van der Waals surface area contributed by atoms with Crippen molar-refractivity contribution in [3.05, 3.63) is 103 Å². The molecule has 0 spiro atoms. The number of fused-ring (bicyclic) bond motifs is 2. The molecule has 0 aromatic heterocycles. The van der Waals surface area contributed by atoms with Crippen LogP contribution in [0.5, 0.6) is 0 Å². The van der Waals surface area contributed by atoms with E-state index in [-0.39, 0.29) is 0 Å². The summed E-state index contributed by atoms with van der Waals surface area (Å²) in [5, 5.41) is 25.9. The summed E-state index contributed by atoms with van der Waals surface area (Å²) in [6.45, 7) is 6.91. The van der Waals surface area contributed by atoms with Gasteiger partial charge in [0.25, 0.3) is 0 Å². The monoisotopic (exact) mass is 474 g/mol. The fraction of sp³-hybridized carbons (Fsp3) is 0.188. The molecule has 0 amide bonds. The van der Waals surface area contributed by atoms with Crippen LogP contribution in [0, 0.1) is 0 Å². The number of benzene rings is 5. The highest BCUT2D eigenvalue weighted by atomic mass is 16.5. The third-order valence-corrected chi connectivity index (χ3v) is 7.36. The lowest BCUT2D eigenvalue weighted by Crippen LogP contribution is -2.53. The fourth-order valence-corrected chi connectivity index (χ4v) is 4.66. The highest BCUT2D eigenvalue weighted by Gasteiger charge is 2.39. The Bertz CT molecular complexity index is 1460. The van der Waals surface area contributed by atoms with Gasteiger partial charge in [0.05, 0.1) is 11.2 Å². The Morgan fingerprint density at radius 3 is 1.36 bits per heavy atom. The molecule has 0 heterocycles. The van der Waals surface area contributed by atoms with Crippen molar-refractivity contribution in [3.63, 3.8) is 0 Å². The van der Waals surface area contributed by atoms with Gasteiger partial charge in [-0.3, -0.25) is 0 Å². The molecule has 5 aromatic rings. The topological polar surface area (TPSA) is 49.7 Å². The summed E-state index contributed by atoms with van der Waals surface area (Å²) in [6, 6.07) is 35.5. The zero-order valence-electron chi connectivity index (χ0n) is 21.2. The third-order valence-electron chi connectivity index (χ3n) is 7.36. The minimum atomic E-state index is -1.14. The molecule has 2 N–H and O–H groups in total. The Hall–Kier alpha value is -3.44. The average molecular weight is 474 g/mol. The Labute approximate surface area is 213 Å². The SMILES string of the molecule is CC(C)(O)C(C)(C)OB(O)c1ccc(-c2c3ccccc3c(-c3ccccc3)c3ccccc23)cc1. The van der Waals surface area contributed by atoms with E-state index >= 15 is 0 Å². The van der Waals surface area contributed by atoms with Crippen molar-refractivity contribution in [1.29, 1.82) is 0 Å². The van der Waals surface area contributed by atoms with Gasteiger partial charge in [0.15, 0.2) is 0 Å². The van der Waals surface area contributed by atoms with Crippen molar-refractivity contribution in [2.24, 2.45) is 0 Å². The van der Waals surface area contributed by atoms with Crippen LogP contribution in [-0.4, -0.2) is 28.5 Å². The van der Waals surface area contributed by atoms with Crippen molar-refractivity contribution in [3.8, 4) is 22.3 Å². The van der Waals surface area contributed by atoms with Gasteiger partial charge in [-0.15, -0.1) is 0 Å². The first-order chi connectivity index (χ1) is 17.2. The van der Waals surface area contributed by atoms with Crippen molar-refractivity contribution < 1.29 is 14.8 Å². The van der Waals surface area contributed by atoms with Crippen LogP contribution in [0.1, 0.15) is 27.7 Å². The number of rotatable bonds is 6. The second-order valence-corrected chi connectivity index (χ2v) is 10.4. The van der Waals surface area contributed by atoms with Gasteiger partial charge in [-0.1, -0.05) is 103 Å². The Morgan fingerprint density at radius 2 is 0.944 bits per heavy atom. The molecular weight excluding hydrogens is 443 g/mol. The zero-order valence-corrected chi connectivity index (χ0v) is 21.2. The molecule has 0 aliphatic rings. The van der Waals surface area contributed by atoms with E-state index in [2.05, 4.69) is 72.8 Å². The lowest BCUT2D eigenvalue weighted by atomic mass is 9.76.